The maximum atomic E-state index is 13.6. The van der Waals surface area contributed by atoms with Crippen LogP contribution in [0.25, 0.3) is 0 Å². The highest BCUT2D eigenvalue weighted by atomic mass is 16.5. The van der Waals surface area contributed by atoms with Gasteiger partial charge >= 0.3 is 0 Å². The van der Waals surface area contributed by atoms with Crippen LogP contribution in [0.3, 0.4) is 0 Å². The predicted octanol–water partition coefficient (Wildman–Crippen LogP) is 4.86. The van der Waals surface area contributed by atoms with E-state index in [4.69, 9.17) is 4.74 Å². The van der Waals surface area contributed by atoms with E-state index in [0.717, 1.165) is 61.7 Å². The van der Waals surface area contributed by atoms with E-state index in [0.29, 0.717) is 11.3 Å². The molecular weight excluding hydrogens is 464 g/mol. The Hall–Kier alpha value is -4.00. The molecule has 2 aliphatic rings. The third-order valence-electron chi connectivity index (χ3n) is 7.15. The van der Waals surface area contributed by atoms with E-state index in [1.165, 1.54) is 0 Å². The van der Waals surface area contributed by atoms with Crippen LogP contribution in [0.1, 0.15) is 41.7 Å². The molecule has 5 rings (SSSR count). The van der Waals surface area contributed by atoms with Gasteiger partial charge in [0.05, 0.1) is 24.4 Å². The molecule has 2 N–H and O–H groups in total. The Morgan fingerprint density at radius 3 is 2.19 bits per heavy atom. The summed E-state index contributed by atoms with van der Waals surface area (Å²) in [4.78, 5) is 30.5. The van der Waals surface area contributed by atoms with E-state index < -0.39 is 0 Å². The second kappa shape index (κ2) is 10.9. The van der Waals surface area contributed by atoms with Crippen molar-refractivity contribution >= 4 is 28.9 Å². The number of carbonyl (C=O) groups is 2. The molecule has 0 spiro atoms. The first-order chi connectivity index (χ1) is 18.0. The first-order valence-corrected chi connectivity index (χ1v) is 13.0. The number of ether oxygens (including phenoxy) is 1. The molecule has 0 bridgehead atoms. The molecule has 0 radical (unpaired) electrons. The van der Waals surface area contributed by atoms with Crippen molar-refractivity contribution in [3.63, 3.8) is 0 Å². The maximum Gasteiger partial charge on any atom is 0.253 e. The van der Waals surface area contributed by atoms with Crippen molar-refractivity contribution < 1.29 is 14.3 Å². The number of nitrogens with one attached hydrogen (secondary N) is 2. The SMILES string of the molecule is COc1ccccc1N1CCN(c2ccc(NC(=O)C3CC3)cc2C(=O)NC(C)c2ccccc2)CC1. The molecule has 37 heavy (non-hydrogen) atoms. The molecule has 1 aliphatic heterocycles. The van der Waals surface area contributed by atoms with Gasteiger partial charge in [-0.25, -0.2) is 0 Å². The highest BCUT2D eigenvalue weighted by Crippen LogP contribution is 2.33. The van der Waals surface area contributed by atoms with Crippen molar-refractivity contribution in [2.75, 3.05) is 48.4 Å². The summed E-state index contributed by atoms with van der Waals surface area (Å²) in [6.45, 7) is 5.13. The van der Waals surface area contributed by atoms with E-state index >= 15 is 0 Å². The number of hydrogen-bond donors (Lipinski definition) is 2. The number of carbonyl (C=O) groups excluding carboxylic acids is 2. The number of rotatable bonds is 8. The highest BCUT2D eigenvalue weighted by Gasteiger charge is 2.30. The number of benzene rings is 3. The molecule has 0 aromatic heterocycles. The molecule has 1 aliphatic carbocycles. The Labute approximate surface area is 218 Å². The van der Waals surface area contributed by atoms with Gasteiger partial charge in [-0.15, -0.1) is 0 Å². The lowest BCUT2D eigenvalue weighted by Crippen LogP contribution is -2.47. The number of methoxy groups -OCH3 is 1. The first-order valence-electron chi connectivity index (χ1n) is 13.0. The van der Waals surface area contributed by atoms with Crippen LogP contribution in [-0.4, -0.2) is 45.1 Å². The number of piperazine rings is 1. The van der Waals surface area contributed by atoms with Crippen LogP contribution >= 0.6 is 0 Å². The van der Waals surface area contributed by atoms with Gasteiger partial charge in [-0.2, -0.15) is 0 Å². The van der Waals surface area contributed by atoms with Gasteiger partial charge in [0.2, 0.25) is 5.91 Å². The van der Waals surface area contributed by atoms with Gasteiger partial charge in [-0.05, 0) is 55.7 Å². The van der Waals surface area contributed by atoms with Gasteiger partial charge < -0.3 is 25.2 Å². The smallest absolute Gasteiger partial charge is 0.253 e. The van der Waals surface area contributed by atoms with Crippen molar-refractivity contribution in [1.29, 1.82) is 0 Å². The average molecular weight is 499 g/mol. The van der Waals surface area contributed by atoms with Crippen LogP contribution in [0.4, 0.5) is 17.1 Å². The summed E-state index contributed by atoms with van der Waals surface area (Å²) < 4.78 is 5.56. The van der Waals surface area contributed by atoms with Gasteiger partial charge in [0.25, 0.3) is 5.91 Å². The maximum absolute atomic E-state index is 13.6. The highest BCUT2D eigenvalue weighted by molar-refractivity contribution is 6.02. The summed E-state index contributed by atoms with van der Waals surface area (Å²) in [5.41, 5.74) is 4.23. The predicted molar refractivity (Wildman–Crippen MR) is 148 cm³/mol. The van der Waals surface area contributed by atoms with Crippen LogP contribution in [0, 0.1) is 5.92 Å². The van der Waals surface area contributed by atoms with E-state index in [2.05, 4.69) is 26.5 Å². The minimum atomic E-state index is -0.152. The second-order valence-electron chi connectivity index (χ2n) is 9.75. The lowest BCUT2D eigenvalue weighted by atomic mass is 10.1. The van der Waals surface area contributed by atoms with Gasteiger partial charge in [0.15, 0.2) is 0 Å². The molecule has 3 aromatic carbocycles. The number of amides is 2. The van der Waals surface area contributed by atoms with Crippen LogP contribution in [0.5, 0.6) is 5.75 Å². The van der Waals surface area contributed by atoms with Crippen molar-refractivity contribution in [1.82, 2.24) is 5.32 Å². The fourth-order valence-electron chi connectivity index (χ4n) is 4.84. The molecule has 192 valence electrons. The van der Waals surface area contributed by atoms with Crippen LogP contribution in [0.2, 0.25) is 0 Å². The average Bonchev–Trinajstić information content (AvgIpc) is 3.79. The van der Waals surface area contributed by atoms with Gasteiger partial charge in [0, 0.05) is 43.5 Å². The van der Waals surface area contributed by atoms with E-state index in [-0.39, 0.29) is 23.8 Å². The zero-order valence-electron chi connectivity index (χ0n) is 21.4. The van der Waals surface area contributed by atoms with E-state index in [1.54, 1.807) is 7.11 Å². The molecule has 2 fully saturated rings. The lowest BCUT2D eigenvalue weighted by molar-refractivity contribution is -0.117. The fourth-order valence-corrected chi connectivity index (χ4v) is 4.84. The van der Waals surface area contributed by atoms with Gasteiger partial charge in [0.1, 0.15) is 5.75 Å². The lowest BCUT2D eigenvalue weighted by Gasteiger charge is -2.38. The summed E-state index contributed by atoms with van der Waals surface area (Å²) in [7, 11) is 1.69. The van der Waals surface area contributed by atoms with Crippen LogP contribution in [-0.2, 0) is 4.79 Å². The topological polar surface area (TPSA) is 73.9 Å². The fraction of sp³-hybridized carbons (Fsp3) is 0.333. The van der Waals surface area contributed by atoms with E-state index in [1.807, 2.05) is 73.7 Å². The third kappa shape index (κ3) is 5.71. The molecule has 2 amide bonds. The molecule has 3 aromatic rings. The van der Waals surface area contributed by atoms with Crippen molar-refractivity contribution in [3.8, 4) is 5.75 Å². The van der Waals surface area contributed by atoms with Gasteiger partial charge in [-0.1, -0.05) is 42.5 Å². The molecule has 1 atom stereocenters. The van der Waals surface area contributed by atoms with Crippen molar-refractivity contribution in [2.45, 2.75) is 25.8 Å². The number of hydrogen-bond acceptors (Lipinski definition) is 5. The molecule has 1 unspecified atom stereocenters. The van der Waals surface area contributed by atoms with Crippen LogP contribution in [0.15, 0.2) is 72.8 Å². The standard InChI is InChI=1S/C30H34N4O3/c1-21(22-8-4-3-5-9-22)31-30(36)25-20-24(32-29(35)23-12-13-23)14-15-26(25)33-16-18-34(19-17-33)27-10-6-7-11-28(27)37-2/h3-11,14-15,20-21,23H,12-13,16-19H2,1-2H3,(H,31,36)(H,32,35). The monoisotopic (exact) mass is 498 g/mol. The van der Waals surface area contributed by atoms with Crippen molar-refractivity contribution in [3.05, 3.63) is 83.9 Å². The summed E-state index contributed by atoms with van der Waals surface area (Å²) >= 11 is 0. The second-order valence-corrected chi connectivity index (χ2v) is 9.75. The summed E-state index contributed by atoms with van der Waals surface area (Å²) in [6.07, 6.45) is 1.87. The quantitative estimate of drug-likeness (QED) is 0.464. The number of anilines is 3. The summed E-state index contributed by atoms with van der Waals surface area (Å²) in [6, 6.07) is 23.5. The Bertz CT molecular complexity index is 1250. The number of nitrogens with zero attached hydrogens (tertiary/aromatic N) is 2. The minimum Gasteiger partial charge on any atom is -0.495 e. The Morgan fingerprint density at radius 2 is 1.51 bits per heavy atom. The van der Waals surface area contributed by atoms with E-state index in [9.17, 15) is 9.59 Å². The van der Waals surface area contributed by atoms with Gasteiger partial charge in [-0.3, -0.25) is 9.59 Å². The third-order valence-corrected chi connectivity index (χ3v) is 7.15. The molecule has 7 nitrogen and oxygen atoms in total. The Balaban J connectivity index is 1.36. The Kier molecular flexibility index (Phi) is 7.30. The molecule has 1 heterocycles. The largest absolute Gasteiger partial charge is 0.495 e. The molecule has 7 heteroatoms. The normalized spacial score (nSPS) is 16.2. The first kappa shape index (κ1) is 24.7. The Morgan fingerprint density at radius 1 is 0.865 bits per heavy atom. The number of para-hydroxylation sites is 2. The van der Waals surface area contributed by atoms with Crippen molar-refractivity contribution in [2.24, 2.45) is 5.92 Å². The summed E-state index contributed by atoms with van der Waals surface area (Å²) in [5.74, 6) is 0.836. The zero-order chi connectivity index (χ0) is 25.8. The zero-order valence-corrected chi connectivity index (χ0v) is 21.4. The summed E-state index contributed by atoms with van der Waals surface area (Å²) in [5, 5.41) is 6.15. The minimum absolute atomic E-state index is 0.0298. The molecule has 1 saturated carbocycles. The van der Waals surface area contributed by atoms with Crippen LogP contribution < -0.4 is 25.2 Å². The molecule has 1 saturated heterocycles. The molecular formula is C30H34N4O3.